The SMILES string of the molecule is O=C(O)[C@@H](c1c[nH]c2cc(Br)ccc12)N1CCCCCC1. The predicted octanol–water partition coefficient (Wildman–Crippen LogP) is 3.93. The number of carboxylic acid groups (broad SMARTS) is 1. The maximum absolute atomic E-state index is 11.9. The fourth-order valence-electron chi connectivity index (χ4n) is 3.19. The molecule has 1 aliphatic rings. The van der Waals surface area contributed by atoms with Crippen LogP contribution in [0.4, 0.5) is 0 Å². The number of fused-ring (bicyclic) bond motifs is 1. The van der Waals surface area contributed by atoms with Gasteiger partial charge in [-0.1, -0.05) is 34.8 Å². The van der Waals surface area contributed by atoms with Crippen molar-refractivity contribution in [2.24, 2.45) is 0 Å². The molecule has 5 heteroatoms. The van der Waals surface area contributed by atoms with E-state index in [2.05, 4.69) is 25.8 Å². The molecule has 1 aromatic carbocycles. The Bertz CT molecular complexity index is 645. The fraction of sp³-hybridized carbons (Fsp3) is 0.438. The normalized spacial score (nSPS) is 18.5. The van der Waals surface area contributed by atoms with Gasteiger partial charge in [-0.05, 0) is 38.1 Å². The van der Waals surface area contributed by atoms with Gasteiger partial charge in [0.25, 0.3) is 0 Å². The van der Waals surface area contributed by atoms with Gasteiger partial charge < -0.3 is 10.1 Å². The molecule has 1 atom stereocenters. The van der Waals surface area contributed by atoms with Crippen LogP contribution in [0.3, 0.4) is 0 Å². The number of carbonyl (C=O) groups is 1. The monoisotopic (exact) mass is 350 g/mol. The molecule has 0 aliphatic carbocycles. The molecule has 0 unspecified atom stereocenters. The molecule has 112 valence electrons. The smallest absolute Gasteiger partial charge is 0.325 e. The van der Waals surface area contributed by atoms with E-state index in [1.54, 1.807) is 0 Å². The number of likely N-dealkylation sites (tertiary alicyclic amines) is 1. The average molecular weight is 351 g/mol. The lowest BCUT2D eigenvalue weighted by atomic mass is 10.0. The van der Waals surface area contributed by atoms with Gasteiger partial charge in [0.1, 0.15) is 6.04 Å². The Morgan fingerprint density at radius 3 is 2.62 bits per heavy atom. The molecule has 0 bridgehead atoms. The molecule has 1 fully saturated rings. The second-order valence-corrected chi connectivity index (χ2v) is 6.54. The van der Waals surface area contributed by atoms with E-state index >= 15 is 0 Å². The third kappa shape index (κ3) is 2.99. The van der Waals surface area contributed by atoms with Crippen molar-refractivity contribution in [1.82, 2.24) is 9.88 Å². The Kier molecular flexibility index (Phi) is 4.31. The van der Waals surface area contributed by atoms with Crippen LogP contribution in [-0.2, 0) is 4.79 Å². The molecule has 0 amide bonds. The number of benzene rings is 1. The van der Waals surface area contributed by atoms with Crippen LogP contribution in [-0.4, -0.2) is 34.0 Å². The highest BCUT2D eigenvalue weighted by atomic mass is 79.9. The van der Waals surface area contributed by atoms with Gasteiger partial charge in [-0.25, -0.2) is 0 Å². The van der Waals surface area contributed by atoms with Crippen LogP contribution in [0.5, 0.6) is 0 Å². The molecule has 0 radical (unpaired) electrons. The van der Waals surface area contributed by atoms with Crippen LogP contribution in [0.1, 0.15) is 37.3 Å². The van der Waals surface area contributed by atoms with E-state index in [1.807, 2.05) is 24.4 Å². The van der Waals surface area contributed by atoms with Gasteiger partial charge in [-0.2, -0.15) is 0 Å². The van der Waals surface area contributed by atoms with E-state index < -0.39 is 12.0 Å². The van der Waals surface area contributed by atoms with Crippen LogP contribution in [0.25, 0.3) is 10.9 Å². The number of H-pyrrole nitrogens is 1. The number of nitrogens with zero attached hydrogens (tertiary/aromatic N) is 1. The summed E-state index contributed by atoms with van der Waals surface area (Å²) in [6, 6.07) is 5.37. The minimum absolute atomic E-state index is 0.557. The van der Waals surface area contributed by atoms with Gasteiger partial charge >= 0.3 is 5.97 Å². The minimum Gasteiger partial charge on any atom is -0.480 e. The Morgan fingerprint density at radius 2 is 1.95 bits per heavy atom. The highest BCUT2D eigenvalue weighted by molar-refractivity contribution is 9.10. The molecule has 21 heavy (non-hydrogen) atoms. The molecule has 4 nitrogen and oxygen atoms in total. The first-order valence-corrected chi connectivity index (χ1v) is 8.19. The van der Waals surface area contributed by atoms with E-state index in [0.717, 1.165) is 46.9 Å². The summed E-state index contributed by atoms with van der Waals surface area (Å²) in [5.74, 6) is -0.763. The number of aromatic nitrogens is 1. The highest BCUT2D eigenvalue weighted by Crippen LogP contribution is 2.31. The molecule has 1 aromatic heterocycles. The summed E-state index contributed by atoms with van der Waals surface area (Å²) in [6.07, 6.45) is 6.41. The second kappa shape index (κ2) is 6.20. The van der Waals surface area contributed by atoms with Crippen molar-refractivity contribution in [3.63, 3.8) is 0 Å². The summed E-state index contributed by atoms with van der Waals surface area (Å²) in [6.45, 7) is 1.72. The zero-order valence-corrected chi connectivity index (χ0v) is 13.4. The number of hydrogen-bond donors (Lipinski definition) is 2. The van der Waals surface area contributed by atoms with Crippen LogP contribution in [0, 0.1) is 0 Å². The van der Waals surface area contributed by atoms with E-state index in [4.69, 9.17) is 0 Å². The Morgan fingerprint density at radius 1 is 1.24 bits per heavy atom. The first-order valence-electron chi connectivity index (χ1n) is 7.40. The van der Waals surface area contributed by atoms with Gasteiger partial charge in [0.05, 0.1) is 0 Å². The van der Waals surface area contributed by atoms with Crippen LogP contribution in [0.2, 0.25) is 0 Å². The first-order chi connectivity index (χ1) is 10.2. The summed E-state index contributed by atoms with van der Waals surface area (Å²) in [5, 5.41) is 10.7. The Labute approximate surface area is 132 Å². The predicted molar refractivity (Wildman–Crippen MR) is 86.4 cm³/mol. The highest BCUT2D eigenvalue weighted by Gasteiger charge is 2.29. The lowest BCUT2D eigenvalue weighted by Gasteiger charge is -2.27. The molecule has 1 saturated heterocycles. The summed E-state index contributed by atoms with van der Waals surface area (Å²) in [4.78, 5) is 17.2. The number of halogens is 1. The largest absolute Gasteiger partial charge is 0.480 e. The van der Waals surface area contributed by atoms with Crippen molar-refractivity contribution in [3.8, 4) is 0 Å². The number of hydrogen-bond acceptors (Lipinski definition) is 2. The summed E-state index contributed by atoms with van der Waals surface area (Å²) < 4.78 is 0.991. The molecule has 0 saturated carbocycles. The van der Waals surface area contributed by atoms with Crippen molar-refractivity contribution < 1.29 is 9.90 Å². The standard InChI is InChI=1S/C16H19BrN2O2/c17-11-5-6-12-13(10-18-14(12)9-11)15(16(20)21)19-7-3-1-2-4-8-19/h5-6,9-10,15,18H,1-4,7-8H2,(H,20,21)/t15-/m1/s1. The van der Waals surface area contributed by atoms with Crippen molar-refractivity contribution in [3.05, 3.63) is 34.4 Å². The van der Waals surface area contributed by atoms with Gasteiger partial charge in [-0.3, -0.25) is 9.69 Å². The van der Waals surface area contributed by atoms with Crippen LogP contribution < -0.4 is 0 Å². The summed E-state index contributed by atoms with van der Waals surface area (Å²) >= 11 is 3.45. The van der Waals surface area contributed by atoms with Crippen molar-refractivity contribution >= 4 is 32.8 Å². The third-order valence-electron chi connectivity index (χ3n) is 4.21. The Balaban J connectivity index is 2.00. The van der Waals surface area contributed by atoms with Gasteiger partial charge in [-0.15, -0.1) is 0 Å². The zero-order chi connectivity index (χ0) is 14.8. The number of nitrogens with one attached hydrogen (secondary N) is 1. The second-order valence-electron chi connectivity index (χ2n) is 5.62. The molecule has 2 N–H and O–H groups in total. The van der Waals surface area contributed by atoms with Gasteiger partial charge in [0.15, 0.2) is 0 Å². The van der Waals surface area contributed by atoms with Crippen molar-refractivity contribution in [2.45, 2.75) is 31.7 Å². The maximum Gasteiger partial charge on any atom is 0.325 e. The van der Waals surface area contributed by atoms with Gasteiger partial charge in [0.2, 0.25) is 0 Å². The van der Waals surface area contributed by atoms with Crippen molar-refractivity contribution in [2.75, 3.05) is 13.1 Å². The third-order valence-corrected chi connectivity index (χ3v) is 4.70. The molecular formula is C16H19BrN2O2. The van der Waals surface area contributed by atoms with E-state index in [1.165, 1.54) is 12.8 Å². The van der Waals surface area contributed by atoms with E-state index in [-0.39, 0.29) is 0 Å². The van der Waals surface area contributed by atoms with Gasteiger partial charge in [0, 0.05) is 27.1 Å². The lowest BCUT2D eigenvalue weighted by molar-refractivity contribution is -0.143. The average Bonchev–Trinajstić information content (AvgIpc) is 2.68. The lowest BCUT2D eigenvalue weighted by Crippen LogP contribution is -2.34. The fourth-order valence-corrected chi connectivity index (χ4v) is 3.55. The summed E-state index contributed by atoms with van der Waals surface area (Å²) in [5.41, 5.74) is 1.84. The first kappa shape index (κ1) is 14.6. The van der Waals surface area contributed by atoms with E-state index in [9.17, 15) is 9.90 Å². The van der Waals surface area contributed by atoms with Crippen molar-refractivity contribution in [1.29, 1.82) is 0 Å². The molecule has 1 aliphatic heterocycles. The van der Waals surface area contributed by atoms with Crippen LogP contribution in [0.15, 0.2) is 28.9 Å². The number of carboxylic acids is 1. The molecule has 0 spiro atoms. The number of aromatic amines is 1. The Hall–Kier alpha value is -1.33. The minimum atomic E-state index is -0.763. The number of aliphatic carboxylic acids is 1. The molecule has 2 heterocycles. The molecule has 2 aromatic rings. The maximum atomic E-state index is 11.9. The molecular weight excluding hydrogens is 332 g/mol. The number of rotatable bonds is 3. The zero-order valence-electron chi connectivity index (χ0n) is 11.8. The molecule has 3 rings (SSSR count). The van der Waals surface area contributed by atoms with Crippen LogP contribution >= 0.6 is 15.9 Å². The van der Waals surface area contributed by atoms with E-state index in [0.29, 0.717) is 0 Å². The topological polar surface area (TPSA) is 56.3 Å². The quantitative estimate of drug-likeness (QED) is 0.881. The summed E-state index contributed by atoms with van der Waals surface area (Å²) in [7, 11) is 0.